The summed E-state index contributed by atoms with van der Waals surface area (Å²) in [5.41, 5.74) is 2.87. The van der Waals surface area contributed by atoms with E-state index in [0.29, 0.717) is 5.69 Å². The molecule has 0 unspecified atom stereocenters. The van der Waals surface area contributed by atoms with Gasteiger partial charge in [-0.2, -0.15) is 0 Å². The second kappa shape index (κ2) is 8.76. The standard InChI is InChI=1S/C19H19N5O4/c1-28-19(27)11-20-17(25)10-13-6-8-14(9-7-13)21-18(26)12-24-16-5-3-2-4-15(16)22-23-24/h2-9H,10-12H2,1H3,(H,20,25)(H,21,26). The molecular weight excluding hydrogens is 362 g/mol. The molecule has 28 heavy (non-hydrogen) atoms. The van der Waals surface area contributed by atoms with Gasteiger partial charge in [0, 0.05) is 5.69 Å². The van der Waals surface area contributed by atoms with Gasteiger partial charge >= 0.3 is 5.97 Å². The highest BCUT2D eigenvalue weighted by molar-refractivity contribution is 5.91. The smallest absolute Gasteiger partial charge is 0.325 e. The van der Waals surface area contributed by atoms with Crippen molar-refractivity contribution in [1.29, 1.82) is 0 Å². The molecule has 144 valence electrons. The van der Waals surface area contributed by atoms with E-state index in [1.54, 1.807) is 24.3 Å². The van der Waals surface area contributed by atoms with Crippen molar-refractivity contribution in [3.8, 4) is 0 Å². The zero-order valence-corrected chi connectivity index (χ0v) is 15.2. The molecule has 0 aliphatic rings. The Hall–Kier alpha value is -3.75. The lowest BCUT2D eigenvalue weighted by Crippen LogP contribution is -2.31. The summed E-state index contributed by atoms with van der Waals surface area (Å²) in [7, 11) is 1.26. The molecule has 0 radical (unpaired) electrons. The van der Waals surface area contributed by atoms with Crippen molar-refractivity contribution in [1.82, 2.24) is 20.3 Å². The summed E-state index contributed by atoms with van der Waals surface area (Å²) in [5, 5.41) is 13.3. The Morgan fingerprint density at radius 3 is 2.54 bits per heavy atom. The highest BCUT2D eigenvalue weighted by atomic mass is 16.5. The van der Waals surface area contributed by atoms with Gasteiger partial charge in [0.2, 0.25) is 11.8 Å². The molecule has 1 heterocycles. The molecule has 0 aliphatic heterocycles. The van der Waals surface area contributed by atoms with Gasteiger partial charge < -0.3 is 15.4 Å². The Balaban J connectivity index is 1.53. The first-order valence-corrected chi connectivity index (χ1v) is 8.55. The molecule has 2 N–H and O–H groups in total. The molecule has 2 amide bonds. The van der Waals surface area contributed by atoms with Crippen molar-refractivity contribution in [2.24, 2.45) is 0 Å². The maximum Gasteiger partial charge on any atom is 0.325 e. The summed E-state index contributed by atoms with van der Waals surface area (Å²) >= 11 is 0. The molecule has 0 aliphatic carbocycles. The summed E-state index contributed by atoms with van der Waals surface area (Å²) in [6, 6.07) is 14.3. The van der Waals surface area contributed by atoms with E-state index in [-0.39, 0.29) is 31.3 Å². The predicted octanol–water partition coefficient (Wildman–Crippen LogP) is 0.902. The number of esters is 1. The van der Waals surface area contributed by atoms with E-state index in [9.17, 15) is 14.4 Å². The lowest BCUT2D eigenvalue weighted by atomic mass is 10.1. The monoisotopic (exact) mass is 381 g/mol. The van der Waals surface area contributed by atoms with Crippen LogP contribution in [0, 0.1) is 0 Å². The number of benzene rings is 2. The van der Waals surface area contributed by atoms with Crippen LogP contribution in [-0.2, 0) is 32.1 Å². The number of amides is 2. The first-order valence-electron chi connectivity index (χ1n) is 8.55. The summed E-state index contributed by atoms with van der Waals surface area (Å²) in [6.45, 7) is -0.126. The largest absolute Gasteiger partial charge is 0.468 e. The summed E-state index contributed by atoms with van der Waals surface area (Å²) in [5.74, 6) is -1.04. The van der Waals surface area contributed by atoms with Gasteiger partial charge in [-0.05, 0) is 29.8 Å². The number of nitrogens with one attached hydrogen (secondary N) is 2. The zero-order chi connectivity index (χ0) is 19.9. The Morgan fingerprint density at radius 2 is 1.79 bits per heavy atom. The molecule has 0 saturated heterocycles. The number of methoxy groups -OCH3 is 1. The van der Waals surface area contributed by atoms with Gasteiger partial charge in [-0.25, -0.2) is 4.68 Å². The van der Waals surface area contributed by atoms with Crippen LogP contribution in [0.25, 0.3) is 11.0 Å². The number of nitrogens with zero attached hydrogens (tertiary/aromatic N) is 3. The molecule has 3 rings (SSSR count). The highest BCUT2D eigenvalue weighted by Crippen LogP contribution is 2.12. The first-order chi connectivity index (χ1) is 13.5. The number of hydrogen-bond acceptors (Lipinski definition) is 6. The molecule has 9 heteroatoms. The minimum atomic E-state index is -0.508. The minimum absolute atomic E-state index is 0.0399. The molecule has 0 bridgehead atoms. The van der Waals surface area contributed by atoms with Crippen LogP contribution in [0.5, 0.6) is 0 Å². The third-order valence-electron chi connectivity index (χ3n) is 3.97. The SMILES string of the molecule is COC(=O)CNC(=O)Cc1ccc(NC(=O)Cn2nnc3ccccc32)cc1. The predicted molar refractivity (Wildman–Crippen MR) is 101 cm³/mol. The maximum atomic E-state index is 12.3. The second-order valence-electron chi connectivity index (χ2n) is 6.01. The van der Waals surface area contributed by atoms with Crippen molar-refractivity contribution >= 4 is 34.5 Å². The van der Waals surface area contributed by atoms with Gasteiger partial charge in [-0.3, -0.25) is 14.4 Å². The van der Waals surface area contributed by atoms with Crippen molar-refractivity contribution in [2.45, 2.75) is 13.0 Å². The number of hydrogen-bond donors (Lipinski definition) is 2. The molecular formula is C19H19N5O4. The van der Waals surface area contributed by atoms with Crippen LogP contribution in [0.2, 0.25) is 0 Å². The third kappa shape index (κ3) is 4.91. The molecule has 1 aromatic heterocycles. The van der Waals surface area contributed by atoms with E-state index in [2.05, 4.69) is 25.7 Å². The van der Waals surface area contributed by atoms with Crippen molar-refractivity contribution in [3.63, 3.8) is 0 Å². The lowest BCUT2D eigenvalue weighted by Gasteiger charge is -2.07. The van der Waals surface area contributed by atoms with Crippen LogP contribution in [0.3, 0.4) is 0 Å². The number of ether oxygens (including phenoxy) is 1. The van der Waals surface area contributed by atoms with Crippen molar-refractivity contribution in [3.05, 3.63) is 54.1 Å². The fourth-order valence-corrected chi connectivity index (χ4v) is 2.57. The first kappa shape index (κ1) is 19.0. The van der Waals surface area contributed by atoms with E-state index < -0.39 is 5.97 Å². The fraction of sp³-hybridized carbons (Fsp3) is 0.211. The number of rotatable bonds is 7. The van der Waals surface area contributed by atoms with E-state index in [4.69, 9.17) is 0 Å². The van der Waals surface area contributed by atoms with Gasteiger partial charge in [-0.15, -0.1) is 5.10 Å². The van der Waals surface area contributed by atoms with Crippen LogP contribution in [0.15, 0.2) is 48.5 Å². The Kier molecular flexibility index (Phi) is 5.95. The number of para-hydroxylation sites is 1. The van der Waals surface area contributed by atoms with Crippen LogP contribution >= 0.6 is 0 Å². The fourth-order valence-electron chi connectivity index (χ4n) is 2.57. The van der Waals surface area contributed by atoms with E-state index in [0.717, 1.165) is 16.6 Å². The summed E-state index contributed by atoms with van der Waals surface area (Å²) in [6.07, 6.45) is 0.121. The Morgan fingerprint density at radius 1 is 1.04 bits per heavy atom. The normalized spacial score (nSPS) is 10.5. The zero-order valence-electron chi connectivity index (χ0n) is 15.2. The lowest BCUT2D eigenvalue weighted by molar-refractivity contribution is -0.141. The number of anilines is 1. The van der Waals surface area contributed by atoms with Crippen LogP contribution in [-0.4, -0.2) is 46.4 Å². The quantitative estimate of drug-likeness (QED) is 0.588. The van der Waals surface area contributed by atoms with E-state index in [1.807, 2.05) is 24.3 Å². The van der Waals surface area contributed by atoms with Gasteiger partial charge in [0.05, 0.1) is 19.0 Å². The highest BCUT2D eigenvalue weighted by Gasteiger charge is 2.10. The van der Waals surface area contributed by atoms with Gasteiger partial charge in [0.25, 0.3) is 0 Å². The molecule has 0 saturated carbocycles. The topological polar surface area (TPSA) is 115 Å². The maximum absolute atomic E-state index is 12.3. The van der Waals surface area contributed by atoms with Crippen LogP contribution in [0.1, 0.15) is 5.56 Å². The average molecular weight is 381 g/mol. The van der Waals surface area contributed by atoms with Crippen LogP contribution in [0.4, 0.5) is 5.69 Å². The molecule has 0 atom stereocenters. The van der Waals surface area contributed by atoms with Crippen molar-refractivity contribution < 1.29 is 19.1 Å². The molecule has 2 aromatic carbocycles. The summed E-state index contributed by atoms with van der Waals surface area (Å²) < 4.78 is 5.99. The number of carbonyl (C=O) groups is 3. The summed E-state index contributed by atoms with van der Waals surface area (Å²) in [4.78, 5) is 35.0. The van der Waals surface area contributed by atoms with E-state index >= 15 is 0 Å². The van der Waals surface area contributed by atoms with Crippen LogP contribution < -0.4 is 10.6 Å². The number of aromatic nitrogens is 3. The van der Waals surface area contributed by atoms with Gasteiger partial charge in [0.15, 0.2) is 0 Å². The Labute approximate surface area is 160 Å². The molecule has 0 fully saturated rings. The van der Waals surface area contributed by atoms with Crippen molar-refractivity contribution in [2.75, 3.05) is 19.0 Å². The van der Waals surface area contributed by atoms with E-state index in [1.165, 1.54) is 11.8 Å². The number of fused-ring (bicyclic) bond motifs is 1. The number of carbonyl (C=O) groups excluding carboxylic acids is 3. The Bertz CT molecular complexity index is 997. The molecule has 0 spiro atoms. The molecule has 9 nitrogen and oxygen atoms in total. The van der Waals surface area contributed by atoms with Gasteiger partial charge in [0.1, 0.15) is 18.6 Å². The molecule has 3 aromatic rings. The third-order valence-corrected chi connectivity index (χ3v) is 3.97. The van der Waals surface area contributed by atoms with Gasteiger partial charge in [-0.1, -0.05) is 29.5 Å². The average Bonchev–Trinajstić information content (AvgIpc) is 3.10. The minimum Gasteiger partial charge on any atom is -0.468 e. The second-order valence-corrected chi connectivity index (χ2v) is 6.01.